The number of ether oxygens (including phenoxy) is 2. The Labute approximate surface area is 131 Å². The van der Waals surface area contributed by atoms with Gasteiger partial charge in [-0.15, -0.1) is 0 Å². The van der Waals surface area contributed by atoms with Gasteiger partial charge in [-0.25, -0.2) is 0 Å². The van der Waals surface area contributed by atoms with Gasteiger partial charge in [0, 0.05) is 30.2 Å². The Balaban J connectivity index is 1.87. The van der Waals surface area contributed by atoms with Gasteiger partial charge >= 0.3 is 0 Å². The zero-order valence-corrected chi connectivity index (χ0v) is 13.4. The minimum absolute atomic E-state index is 0.0364. The molecule has 0 bridgehead atoms. The fraction of sp³-hybridized carbons (Fsp3) is 0.625. The average molecular weight is 314 g/mol. The van der Waals surface area contributed by atoms with Gasteiger partial charge in [-0.05, 0) is 19.9 Å². The van der Waals surface area contributed by atoms with E-state index in [0.717, 1.165) is 23.7 Å². The molecule has 2 rings (SSSR count). The zero-order valence-electron chi connectivity index (χ0n) is 12.7. The number of hydrogen-bond acceptors (Lipinski definition) is 4. The fourth-order valence-electron chi connectivity index (χ4n) is 2.45. The molecule has 4 nitrogen and oxygen atoms in total. The number of aliphatic hydroxyl groups is 1. The molecule has 1 saturated heterocycles. The van der Waals surface area contributed by atoms with Crippen LogP contribution < -0.4 is 0 Å². The number of rotatable bonds is 6. The van der Waals surface area contributed by atoms with Gasteiger partial charge in [-0.1, -0.05) is 29.8 Å². The van der Waals surface area contributed by atoms with Crippen molar-refractivity contribution >= 4 is 11.6 Å². The fourth-order valence-corrected chi connectivity index (χ4v) is 2.70. The summed E-state index contributed by atoms with van der Waals surface area (Å²) in [5.41, 5.74) is 1.01. The number of aliphatic hydroxyl groups excluding tert-OH is 1. The Kier molecular flexibility index (Phi) is 6.45. The molecule has 118 valence electrons. The molecule has 0 aliphatic carbocycles. The maximum Gasteiger partial charge on any atom is 0.0966 e. The van der Waals surface area contributed by atoms with E-state index in [9.17, 15) is 5.11 Å². The molecule has 0 radical (unpaired) electrons. The Morgan fingerprint density at radius 1 is 1.43 bits per heavy atom. The number of hydrogen-bond donors (Lipinski definition) is 1. The predicted octanol–water partition coefficient (Wildman–Crippen LogP) is 2.50. The average Bonchev–Trinajstić information content (AvgIpc) is 2.46. The summed E-state index contributed by atoms with van der Waals surface area (Å²) in [7, 11) is 0. The van der Waals surface area contributed by atoms with Crippen LogP contribution in [0.1, 0.15) is 25.5 Å². The third kappa shape index (κ3) is 5.24. The van der Waals surface area contributed by atoms with Crippen molar-refractivity contribution in [3.05, 3.63) is 34.9 Å². The van der Waals surface area contributed by atoms with E-state index < -0.39 is 6.10 Å². The Morgan fingerprint density at radius 3 is 2.90 bits per heavy atom. The highest BCUT2D eigenvalue weighted by molar-refractivity contribution is 6.31. The highest BCUT2D eigenvalue weighted by atomic mass is 35.5. The second-order valence-corrected chi connectivity index (χ2v) is 6.08. The van der Waals surface area contributed by atoms with Gasteiger partial charge in [-0.3, -0.25) is 4.90 Å². The van der Waals surface area contributed by atoms with Crippen molar-refractivity contribution in [1.82, 2.24) is 4.90 Å². The molecule has 0 aromatic heterocycles. The quantitative estimate of drug-likeness (QED) is 0.876. The van der Waals surface area contributed by atoms with E-state index in [1.165, 1.54) is 0 Å². The summed E-state index contributed by atoms with van der Waals surface area (Å²) in [5.74, 6) is 0. The van der Waals surface area contributed by atoms with Gasteiger partial charge in [0.1, 0.15) is 0 Å². The summed E-state index contributed by atoms with van der Waals surface area (Å²) in [4.78, 5) is 2.20. The van der Waals surface area contributed by atoms with E-state index in [-0.39, 0.29) is 12.2 Å². The largest absolute Gasteiger partial charge is 0.389 e. The summed E-state index contributed by atoms with van der Waals surface area (Å²) < 4.78 is 11.3. The third-order valence-electron chi connectivity index (χ3n) is 3.49. The molecule has 0 spiro atoms. The van der Waals surface area contributed by atoms with E-state index >= 15 is 0 Å². The van der Waals surface area contributed by atoms with Gasteiger partial charge in [0.15, 0.2) is 0 Å². The Bertz CT molecular complexity index is 441. The van der Waals surface area contributed by atoms with Gasteiger partial charge in [-0.2, -0.15) is 0 Å². The molecule has 0 saturated carbocycles. The smallest absolute Gasteiger partial charge is 0.0966 e. The maximum atomic E-state index is 10.0. The van der Waals surface area contributed by atoms with Crippen LogP contribution in [0.4, 0.5) is 0 Å². The topological polar surface area (TPSA) is 41.9 Å². The number of benzene rings is 1. The van der Waals surface area contributed by atoms with Crippen molar-refractivity contribution in [2.45, 2.75) is 32.2 Å². The molecule has 21 heavy (non-hydrogen) atoms. The summed E-state index contributed by atoms with van der Waals surface area (Å²) in [6.07, 6.45) is -0.372. The minimum atomic E-state index is -0.475. The summed E-state index contributed by atoms with van der Waals surface area (Å²) in [6.45, 7) is 7.10. The monoisotopic (exact) mass is 313 g/mol. The third-order valence-corrected chi connectivity index (χ3v) is 3.84. The second-order valence-electron chi connectivity index (χ2n) is 5.68. The van der Waals surface area contributed by atoms with Crippen LogP contribution in [0.5, 0.6) is 0 Å². The van der Waals surface area contributed by atoms with Crippen LogP contribution in [0.3, 0.4) is 0 Å². The summed E-state index contributed by atoms with van der Waals surface area (Å²) in [6, 6.07) is 7.76. The normalized spacial score (nSPS) is 21.7. The molecule has 1 fully saturated rings. The van der Waals surface area contributed by atoms with E-state index in [1.54, 1.807) is 0 Å². The minimum Gasteiger partial charge on any atom is -0.389 e. The first-order chi connectivity index (χ1) is 10.1. The van der Waals surface area contributed by atoms with Crippen LogP contribution in [-0.2, 0) is 9.47 Å². The van der Waals surface area contributed by atoms with Gasteiger partial charge < -0.3 is 14.6 Å². The number of nitrogens with zero attached hydrogens (tertiary/aromatic N) is 1. The highest BCUT2D eigenvalue weighted by Gasteiger charge is 2.25. The standard InChI is InChI=1S/C16H24ClNO3/c1-12(2)21-11-13(19)9-18-7-8-20-16(10-18)14-5-3-4-6-15(14)17/h3-6,12-13,16,19H,7-11H2,1-2H3. The molecule has 1 aromatic carbocycles. The van der Waals surface area contributed by atoms with Gasteiger partial charge in [0.2, 0.25) is 0 Å². The zero-order chi connectivity index (χ0) is 15.2. The lowest BCUT2D eigenvalue weighted by Crippen LogP contribution is -2.43. The number of halogens is 1. The van der Waals surface area contributed by atoms with Gasteiger partial charge in [0.05, 0.1) is 31.5 Å². The van der Waals surface area contributed by atoms with Crippen LogP contribution in [0.2, 0.25) is 5.02 Å². The highest BCUT2D eigenvalue weighted by Crippen LogP contribution is 2.28. The van der Waals surface area contributed by atoms with Crippen molar-refractivity contribution in [3.8, 4) is 0 Å². The van der Waals surface area contributed by atoms with Gasteiger partial charge in [0.25, 0.3) is 0 Å². The van der Waals surface area contributed by atoms with Crippen molar-refractivity contribution < 1.29 is 14.6 Å². The number of β-amino-alcohol motifs (C(OH)–C–C–N with tert-alkyl or cyclic N) is 1. The van der Waals surface area contributed by atoms with E-state index in [0.29, 0.717) is 19.8 Å². The van der Waals surface area contributed by atoms with Crippen molar-refractivity contribution in [1.29, 1.82) is 0 Å². The first-order valence-electron chi connectivity index (χ1n) is 7.44. The molecule has 1 aromatic rings. The van der Waals surface area contributed by atoms with Crippen molar-refractivity contribution in [3.63, 3.8) is 0 Å². The van der Waals surface area contributed by atoms with Crippen molar-refractivity contribution in [2.24, 2.45) is 0 Å². The number of morpholine rings is 1. The summed E-state index contributed by atoms with van der Waals surface area (Å²) >= 11 is 6.23. The predicted molar refractivity (Wildman–Crippen MR) is 83.7 cm³/mol. The van der Waals surface area contributed by atoms with Crippen LogP contribution in [0, 0.1) is 0 Å². The van der Waals surface area contributed by atoms with Crippen LogP contribution in [0.25, 0.3) is 0 Å². The van der Waals surface area contributed by atoms with Crippen LogP contribution in [0.15, 0.2) is 24.3 Å². The molecule has 2 unspecified atom stereocenters. The molecule has 1 N–H and O–H groups in total. The second kappa shape index (κ2) is 8.11. The summed E-state index contributed by atoms with van der Waals surface area (Å²) in [5, 5.41) is 10.8. The van der Waals surface area contributed by atoms with Crippen LogP contribution >= 0.6 is 11.6 Å². The molecule has 2 atom stereocenters. The Hall–Kier alpha value is -0.650. The molecular weight excluding hydrogens is 290 g/mol. The first-order valence-corrected chi connectivity index (χ1v) is 7.82. The molecule has 0 amide bonds. The molecule has 5 heteroatoms. The molecule has 1 aliphatic heterocycles. The lowest BCUT2D eigenvalue weighted by molar-refractivity contribution is -0.0573. The van der Waals surface area contributed by atoms with E-state index in [4.69, 9.17) is 21.1 Å². The first kappa shape index (κ1) is 16.7. The van der Waals surface area contributed by atoms with Crippen LogP contribution in [-0.4, -0.2) is 55.1 Å². The lowest BCUT2D eigenvalue weighted by Gasteiger charge is -2.34. The Morgan fingerprint density at radius 2 is 2.19 bits per heavy atom. The lowest BCUT2D eigenvalue weighted by atomic mass is 10.1. The molecular formula is C16H24ClNO3. The SMILES string of the molecule is CC(C)OCC(O)CN1CCOC(c2ccccc2Cl)C1. The molecule has 1 aliphatic rings. The van der Waals surface area contributed by atoms with Crippen molar-refractivity contribution in [2.75, 3.05) is 32.8 Å². The van der Waals surface area contributed by atoms with E-state index in [2.05, 4.69) is 4.90 Å². The van der Waals surface area contributed by atoms with E-state index in [1.807, 2.05) is 38.1 Å². The molecule has 1 heterocycles. The maximum absolute atomic E-state index is 10.0.